The molecule has 2 aromatic carbocycles. The minimum absolute atomic E-state index is 0.174. The molecular formula is C20H25NO3. The number of hydrogen-bond acceptors (Lipinski definition) is 3. The average Bonchev–Trinajstić information content (AvgIpc) is 2.58. The van der Waals surface area contributed by atoms with Crippen molar-refractivity contribution in [2.24, 2.45) is 0 Å². The Hall–Kier alpha value is -2.33. The molecule has 0 heterocycles. The Morgan fingerprint density at radius 2 is 1.75 bits per heavy atom. The third kappa shape index (κ3) is 3.95. The van der Waals surface area contributed by atoms with Crippen LogP contribution < -0.4 is 10.1 Å². The SMILES string of the molecule is CNC(=O)C(OC)c1ccccc1COc1cc(C)c(C)cc1C. The summed E-state index contributed by atoms with van der Waals surface area (Å²) in [5.74, 6) is 0.689. The summed E-state index contributed by atoms with van der Waals surface area (Å²) in [4.78, 5) is 12.0. The maximum atomic E-state index is 12.0. The molecule has 1 amide bonds. The molecule has 2 aromatic rings. The van der Waals surface area contributed by atoms with E-state index in [9.17, 15) is 4.79 Å². The van der Waals surface area contributed by atoms with E-state index in [1.807, 2.05) is 31.2 Å². The van der Waals surface area contributed by atoms with Crippen LogP contribution in [0.15, 0.2) is 36.4 Å². The molecule has 0 aromatic heterocycles. The van der Waals surface area contributed by atoms with Crippen LogP contribution in [0, 0.1) is 20.8 Å². The van der Waals surface area contributed by atoms with E-state index in [0.29, 0.717) is 6.61 Å². The largest absolute Gasteiger partial charge is 0.489 e. The van der Waals surface area contributed by atoms with E-state index in [2.05, 4.69) is 31.3 Å². The predicted octanol–water partition coefficient (Wildman–Crippen LogP) is 3.62. The normalized spacial score (nSPS) is 11.9. The molecule has 1 unspecified atom stereocenters. The Bertz CT molecular complexity index is 725. The number of rotatable bonds is 6. The molecule has 128 valence electrons. The fourth-order valence-corrected chi connectivity index (χ4v) is 2.67. The standard InChI is InChI=1S/C20H25NO3/c1-13-10-15(3)18(11-14(13)2)24-12-16-8-6-7-9-17(16)19(23-5)20(22)21-4/h6-11,19H,12H2,1-5H3,(H,21,22). The van der Waals surface area contributed by atoms with Gasteiger partial charge in [-0.2, -0.15) is 0 Å². The highest BCUT2D eigenvalue weighted by Gasteiger charge is 2.21. The van der Waals surface area contributed by atoms with Crippen LogP contribution in [0.3, 0.4) is 0 Å². The van der Waals surface area contributed by atoms with E-state index in [0.717, 1.165) is 22.4 Å². The van der Waals surface area contributed by atoms with Crippen molar-refractivity contribution in [2.75, 3.05) is 14.2 Å². The Morgan fingerprint density at radius 3 is 2.42 bits per heavy atom. The van der Waals surface area contributed by atoms with E-state index in [-0.39, 0.29) is 5.91 Å². The molecule has 0 fully saturated rings. The molecule has 0 aliphatic heterocycles. The van der Waals surface area contributed by atoms with E-state index in [4.69, 9.17) is 9.47 Å². The van der Waals surface area contributed by atoms with Crippen LogP contribution in [0.25, 0.3) is 0 Å². The molecule has 2 rings (SSSR count). The van der Waals surface area contributed by atoms with Crippen molar-refractivity contribution in [3.8, 4) is 5.75 Å². The first-order valence-corrected chi connectivity index (χ1v) is 8.00. The first kappa shape index (κ1) is 18.0. The van der Waals surface area contributed by atoms with Gasteiger partial charge in [0.05, 0.1) is 0 Å². The molecule has 0 aliphatic rings. The number of carbonyl (C=O) groups excluding carboxylic acids is 1. The molecule has 0 saturated carbocycles. The van der Waals surface area contributed by atoms with Gasteiger partial charge < -0.3 is 14.8 Å². The molecule has 24 heavy (non-hydrogen) atoms. The number of carbonyl (C=O) groups is 1. The molecule has 1 N–H and O–H groups in total. The van der Waals surface area contributed by atoms with Crippen molar-refractivity contribution < 1.29 is 14.3 Å². The van der Waals surface area contributed by atoms with E-state index >= 15 is 0 Å². The van der Waals surface area contributed by atoms with Crippen molar-refractivity contribution in [3.05, 3.63) is 64.2 Å². The highest BCUT2D eigenvalue weighted by atomic mass is 16.5. The summed E-state index contributed by atoms with van der Waals surface area (Å²) in [6, 6.07) is 11.9. The third-order valence-electron chi connectivity index (χ3n) is 4.23. The Balaban J connectivity index is 2.25. The van der Waals surface area contributed by atoms with Gasteiger partial charge in [0.1, 0.15) is 12.4 Å². The quantitative estimate of drug-likeness (QED) is 0.881. The number of amides is 1. The van der Waals surface area contributed by atoms with Gasteiger partial charge in [0, 0.05) is 14.2 Å². The fraction of sp³-hybridized carbons (Fsp3) is 0.350. The van der Waals surface area contributed by atoms with Crippen molar-refractivity contribution in [1.29, 1.82) is 0 Å². The highest BCUT2D eigenvalue weighted by molar-refractivity contribution is 5.82. The summed E-state index contributed by atoms with van der Waals surface area (Å²) in [5, 5.41) is 2.63. The van der Waals surface area contributed by atoms with Gasteiger partial charge in [-0.05, 0) is 54.7 Å². The molecule has 4 heteroatoms. The maximum absolute atomic E-state index is 12.0. The number of ether oxygens (including phenoxy) is 2. The van der Waals surface area contributed by atoms with Gasteiger partial charge in [-0.3, -0.25) is 4.79 Å². The summed E-state index contributed by atoms with van der Waals surface area (Å²) >= 11 is 0. The number of aryl methyl sites for hydroxylation is 3. The molecule has 0 spiro atoms. The fourth-order valence-electron chi connectivity index (χ4n) is 2.67. The monoisotopic (exact) mass is 327 g/mol. The van der Waals surface area contributed by atoms with Crippen molar-refractivity contribution in [3.63, 3.8) is 0 Å². The van der Waals surface area contributed by atoms with Crippen LogP contribution in [0.4, 0.5) is 0 Å². The van der Waals surface area contributed by atoms with Gasteiger partial charge in [0.2, 0.25) is 0 Å². The first-order chi connectivity index (χ1) is 11.5. The smallest absolute Gasteiger partial charge is 0.253 e. The first-order valence-electron chi connectivity index (χ1n) is 8.00. The second-order valence-electron chi connectivity index (χ2n) is 5.92. The average molecular weight is 327 g/mol. The predicted molar refractivity (Wildman–Crippen MR) is 95.2 cm³/mol. The van der Waals surface area contributed by atoms with Crippen LogP contribution in [0.1, 0.15) is 33.9 Å². The van der Waals surface area contributed by atoms with Gasteiger partial charge in [0.25, 0.3) is 5.91 Å². The number of hydrogen-bond donors (Lipinski definition) is 1. The zero-order valence-corrected chi connectivity index (χ0v) is 15.0. The molecule has 0 radical (unpaired) electrons. The minimum atomic E-state index is -0.643. The summed E-state index contributed by atoms with van der Waals surface area (Å²) in [6.45, 7) is 6.59. The molecule has 0 saturated heterocycles. The Morgan fingerprint density at radius 1 is 1.08 bits per heavy atom. The van der Waals surface area contributed by atoms with Crippen LogP contribution in [-0.2, 0) is 16.1 Å². The molecule has 1 atom stereocenters. The Kier molecular flexibility index (Phi) is 5.99. The lowest BCUT2D eigenvalue weighted by molar-refractivity contribution is -0.130. The summed E-state index contributed by atoms with van der Waals surface area (Å²) < 4.78 is 11.4. The summed E-state index contributed by atoms with van der Waals surface area (Å²) in [5.41, 5.74) is 5.31. The molecule has 4 nitrogen and oxygen atoms in total. The van der Waals surface area contributed by atoms with Crippen LogP contribution in [0.5, 0.6) is 5.75 Å². The van der Waals surface area contributed by atoms with E-state index < -0.39 is 6.10 Å². The van der Waals surface area contributed by atoms with Gasteiger partial charge in [-0.15, -0.1) is 0 Å². The number of nitrogens with one attached hydrogen (secondary N) is 1. The molecule has 0 aliphatic carbocycles. The second-order valence-corrected chi connectivity index (χ2v) is 5.92. The zero-order valence-electron chi connectivity index (χ0n) is 15.0. The van der Waals surface area contributed by atoms with Crippen LogP contribution in [-0.4, -0.2) is 20.1 Å². The lowest BCUT2D eigenvalue weighted by Gasteiger charge is -2.19. The highest BCUT2D eigenvalue weighted by Crippen LogP contribution is 2.26. The van der Waals surface area contributed by atoms with Gasteiger partial charge in [-0.1, -0.05) is 30.3 Å². The van der Waals surface area contributed by atoms with E-state index in [1.54, 1.807) is 7.05 Å². The third-order valence-corrected chi connectivity index (χ3v) is 4.23. The zero-order chi connectivity index (χ0) is 17.7. The van der Waals surface area contributed by atoms with Crippen molar-refractivity contribution >= 4 is 5.91 Å². The van der Waals surface area contributed by atoms with Gasteiger partial charge in [-0.25, -0.2) is 0 Å². The topological polar surface area (TPSA) is 47.6 Å². The molecule has 0 bridgehead atoms. The number of benzene rings is 2. The van der Waals surface area contributed by atoms with Crippen LogP contribution >= 0.6 is 0 Å². The second kappa shape index (κ2) is 7.97. The van der Waals surface area contributed by atoms with Gasteiger partial charge in [0.15, 0.2) is 6.10 Å². The van der Waals surface area contributed by atoms with Gasteiger partial charge >= 0.3 is 0 Å². The minimum Gasteiger partial charge on any atom is -0.489 e. The van der Waals surface area contributed by atoms with Crippen molar-refractivity contribution in [1.82, 2.24) is 5.32 Å². The molecular weight excluding hydrogens is 302 g/mol. The van der Waals surface area contributed by atoms with E-state index in [1.165, 1.54) is 18.2 Å². The lowest BCUT2D eigenvalue weighted by Crippen LogP contribution is -2.27. The Labute approximate surface area is 143 Å². The summed E-state index contributed by atoms with van der Waals surface area (Å²) in [7, 11) is 3.14. The number of likely N-dealkylation sites (N-methyl/N-ethyl adjacent to an activating group) is 1. The maximum Gasteiger partial charge on any atom is 0.253 e. The van der Waals surface area contributed by atoms with Crippen LogP contribution in [0.2, 0.25) is 0 Å². The number of methoxy groups -OCH3 is 1. The lowest BCUT2D eigenvalue weighted by atomic mass is 10.0. The summed E-state index contributed by atoms with van der Waals surface area (Å²) in [6.07, 6.45) is -0.643. The van der Waals surface area contributed by atoms with Crippen molar-refractivity contribution in [2.45, 2.75) is 33.5 Å².